The van der Waals surface area contributed by atoms with E-state index in [1.54, 1.807) is 42.5 Å². The number of benzene rings is 2. The van der Waals surface area contributed by atoms with Crippen molar-refractivity contribution in [3.05, 3.63) is 71.4 Å². The number of aliphatic hydroxyl groups is 1. The molecule has 0 bridgehead atoms. The molecule has 2 aromatic carbocycles. The SMILES string of the molecule is N#CCN1/C(=C(/O)c2ccccc2)C(=O)c2ccccc2S1(=O)=O. The minimum Gasteiger partial charge on any atom is -0.505 e. The maximum atomic E-state index is 12.8. The van der Waals surface area contributed by atoms with Crippen LogP contribution in [-0.4, -0.2) is 30.2 Å². The van der Waals surface area contributed by atoms with E-state index in [-0.39, 0.29) is 10.5 Å². The first-order valence-corrected chi connectivity index (χ1v) is 8.44. The minimum absolute atomic E-state index is 0.0239. The predicted molar refractivity (Wildman–Crippen MR) is 86.3 cm³/mol. The third-order valence-electron chi connectivity index (χ3n) is 3.65. The van der Waals surface area contributed by atoms with Crippen LogP contribution in [0.3, 0.4) is 0 Å². The van der Waals surface area contributed by atoms with E-state index in [1.807, 2.05) is 0 Å². The lowest BCUT2D eigenvalue weighted by Crippen LogP contribution is -2.40. The highest BCUT2D eigenvalue weighted by Crippen LogP contribution is 2.34. The van der Waals surface area contributed by atoms with Gasteiger partial charge in [0.25, 0.3) is 10.0 Å². The van der Waals surface area contributed by atoms with Crippen molar-refractivity contribution in [2.45, 2.75) is 4.90 Å². The Morgan fingerprint density at radius 2 is 1.71 bits per heavy atom. The number of fused-ring (bicyclic) bond motifs is 1. The summed E-state index contributed by atoms with van der Waals surface area (Å²) in [4.78, 5) is 12.6. The molecule has 120 valence electrons. The zero-order valence-electron chi connectivity index (χ0n) is 12.4. The van der Waals surface area contributed by atoms with Crippen molar-refractivity contribution in [1.29, 1.82) is 5.26 Å². The van der Waals surface area contributed by atoms with Crippen LogP contribution in [0.1, 0.15) is 15.9 Å². The molecular weight excluding hydrogens is 328 g/mol. The highest BCUT2D eigenvalue weighted by molar-refractivity contribution is 7.89. The molecule has 0 amide bonds. The van der Waals surface area contributed by atoms with E-state index in [9.17, 15) is 18.3 Å². The number of sulfonamides is 1. The van der Waals surface area contributed by atoms with Gasteiger partial charge in [0.2, 0.25) is 5.78 Å². The molecule has 3 rings (SSSR count). The number of hydrogen-bond acceptors (Lipinski definition) is 5. The number of carbonyl (C=O) groups excluding carboxylic acids is 1. The molecule has 0 saturated heterocycles. The van der Waals surface area contributed by atoms with Crippen LogP contribution in [0, 0.1) is 11.3 Å². The zero-order chi connectivity index (χ0) is 17.3. The Labute approximate surface area is 138 Å². The molecule has 1 aliphatic rings. The molecular formula is C17H12N2O4S. The molecule has 0 spiro atoms. The fraction of sp³-hybridized carbons (Fsp3) is 0.0588. The normalized spacial score (nSPS) is 17.8. The van der Waals surface area contributed by atoms with Gasteiger partial charge in [0, 0.05) is 11.1 Å². The lowest BCUT2D eigenvalue weighted by Gasteiger charge is -2.29. The van der Waals surface area contributed by atoms with Gasteiger partial charge in [-0.2, -0.15) is 5.26 Å². The van der Waals surface area contributed by atoms with Crippen molar-refractivity contribution in [3.63, 3.8) is 0 Å². The molecule has 0 unspecified atom stereocenters. The van der Waals surface area contributed by atoms with Gasteiger partial charge in [-0.05, 0) is 12.1 Å². The molecule has 6 nitrogen and oxygen atoms in total. The number of ketones is 1. The predicted octanol–water partition coefficient (Wildman–Crippen LogP) is 2.32. The Kier molecular flexibility index (Phi) is 3.83. The molecule has 0 aromatic heterocycles. The summed E-state index contributed by atoms with van der Waals surface area (Å²) in [5, 5.41) is 19.5. The van der Waals surface area contributed by atoms with Crippen molar-refractivity contribution < 1.29 is 18.3 Å². The Morgan fingerprint density at radius 1 is 1.08 bits per heavy atom. The highest BCUT2D eigenvalue weighted by Gasteiger charge is 2.41. The monoisotopic (exact) mass is 340 g/mol. The second kappa shape index (κ2) is 5.83. The fourth-order valence-corrected chi connectivity index (χ4v) is 4.11. The van der Waals surface area contributed by atoms with Gasteiger partial charge in [-0.15, -0.1) is 0 Å². The second-order valence-electron chi connectivity index (χ2n) is 5.06. The van der Waals surface area contributed by atoms with Crippen molar-refractivity contribution in [3.8, 4) is 6.07 Å². The van der Waals surface area contributed by atoms with Crippen molar-refractivity contribution >= 4 is 21.6 Å². The maximum Gasteiger partial charge on any atom is 0.266 e. The molecule has 1 N–H and O–H groups in total. The summed E-state index contributed by atoms with van der Waals surface area (Å²) >= 11 is 0. The average Bonchev–Trinajstić information content (AvgIpc) is 2.60. The molecule has 0 saturated carbocycles. The Morgan fingerprint density at radius 3 is 2.38 bits per heavy atom. The number of carbonyl (C=O) groups is 1. The van der Waals surface area contributed by atoms with Crippen molar-refractivity contribution in [2.75, 3.05) is 6.54 Å². The lowest BCUT2D eigenvalue weighted by molar-refractivity contribution is 0.100. The number of Topliss-reactive ketones (excluding diaryl/α,β-unsaturated/α-hetero) is 1. The van der Waals surface area contributed by atoms with Crippen LogP contribution < -0.4 is 0 Å². The topological polar surface area (TPSA) is 98.5 Å². The summed E-state index contributed by atoms with van der Waals surface area (Å²) in [5.74, 6) is -1.12. The highest BCUT2D eigenvalue weighted by atomic mass is 32.2. The molecule has 0 radical (unpaired) electrons. The van der Waals surface area contributed by atoms with E-state index in [1.165, 1.54) is 18.2 Å². The molecule has 7 heteroatoms. The van der Waals surface area contributed by atoms with Gasteiger partial charge in [0.05, 0.1) is 11.0 Å². The summed E-state index contributed by atoms with van der Waals surface area (Å²) in [6.45, 7) is -0.575. The molecule has 1 aliphatic heterocycles. The van der Waals surface area contributed by atoms with Gasteiger partial charge in [-0.3, -0.25) is 4.79 Å². The summed E-state index contributed by atoms with van der Waals surface area (Å²) < 4.78 is 26.2. The van der Waals surface area contributed by atoms with Crippen LogP contribution in [0.25, 0.3) is 5.76 Å². The Balaban J connectivity index is 2.33. The van der Waals surface area contributed by atoms with E-state index >= 15 is 0 Å². The van der Waals surface area contributed by atoms with E-state index < -0.39 is 33.8 Å². The van der Waals surface area contributed by atoms with E-state index in [0.717, 1.165) is 0 Å². The van der Waals surface area contributed by atoms with Gasteiger partial charge in [-0.25, -0.2) is 12.7 Å². The number of nitriles is 1. The van der Waals surface area contributed by atoms with Crippen LogP contribution in [0.2, 0.25) is 0 Å². The van der Waals surface area contributed by atoms with Crippen molar-refractivity contribution in [1.82, 2.24) is 4.31 Å². The van der Waals surface area contributed by atoms with Gasteiger partial charge in [0.15, 0.2) is 5.76 Å². The Bertz CT molecular complexity index is 989. The number of hydrogen-bond donors (Lipinski definition) is 1. The Hall–Kier alpha value is -3.11. The molecule has 2 aromatic rings. The van der Waals surface area contributed by atoms with Gasteiger partial charge < -0.3 is 5.11 Å². The maximum absolute atomic E-state index is 12.8. The lowest BCUT2D eigenvalue weighted by atomic mass is 10.0. The van der Waals surface area contributed by atoms with E-state index in [2.05, 4.69) is 0 Å². The summed E-state index contributed by atoms with van der Waals surface area (Å²) in [6, 6.07) is 15.6. The van der Waals surface area contributed by atoms with Crippen LogP contribution in [0.15, 0.2) is 65.2 Å². The molecule has 24 heavy (non-hydrogen) atoms. The fourth-order valence-electron chi connectivity index (χ4n) is 2.55. The molecule has 0 aliphatic carbocycles. The quantitative estimate of drug-likeness (QED) is 0.514. The van der Waals surface area contributed by atoms with Crippen LogP contribution >= 0.6 is 0 Å². The number of allylic oxidation sites excluding steroid dienone is 1. The first kappa shape index (κ1) is 15.8. The summed E-state index contributed by atoms with van der Waals surface area (Å²) in [6.07, 6.45) is 0. The first-order valence-electron chi connectivity index (χ1n) is 7.00. The smallest absolute Gasteiger partial charge is 0.266 e. The van der Waals surface area contributed by atoms with Crippen LogP contribution in [0.5, 0.6) is 0 Å². The molecule has 0 atom stereocenters. The zero-order valence-corrected chi connectivity index (χ0v) is 13.2. The standard InChI is InChI=1S/C17H12N2O4S/c18-10-11-19-15(16(20)12-6-2-1-3-7-12)17(21)13-8-4-5-9-14(13)24(19,22)23/h1-9,20H,11H2/b16-15+. The average molecular weight is 340 g/mol. The third-order valence-corrected chi connectivity index (χ3v) is 5.45. The van der Waals surface area contributed by atoms with Crippen LogP contribution in [-0.2, 0) is 10.0 Å². The number of rotatable bonds is 2. The number of nitrogens with zero attached hydrogens (tertiary/aromatic N) is 2. The van der Waals surface area contributed by atoms with Crippen LogP contribution in [0.4, 0.5) is 0 Å². The largest absolute Gasteiger partial charge is 0.505 e. The van der Waals surface area contributed by atoms with E-state index in [4.69, 9.17) is 5.26 Å². The summed E-state index contributed by atoms with van der Waals surface area (Å²) in [5.41, 5.74) is -0.149. The molecule has 1 heterocycles. The number of aliphatic hydroxyl groups excluding tert-OH is 1. The van der Waals surface area contributed by atoms with Gasteiger partial charge in [-0.1, -0.05) is 42.5 Å². The van der Waals surface area contributed by atoms with Gasteiger partial charge >= 0.3 is 0 Å². The minimum atomic E-state index is -4.11. The van der Waals surface area contributed by atoms with Gasteiger partial charge in [0.1, 0.15) is 12.2 Å². The third kappa shape index (κ3) is 2.33. The summed E-state index contributed by atoms with van der Waals surface area (Å²) in [7, 11) is -4.11. The molecule has 0 fully saturated rings. The second-order valence-corrected chi connectivity index (χ2v) is 6.89. The first-order chi connectivity index (χ1) is 11.5. The van der Waals surface area contributed by atoms with E-state index in [0.29, 0.717) is 9.87 Å². The van der Waals surface area contributed by atoms with Crippen molar-refractivity contribution in [2.24, 2.45) is 0 Å².